The third-order valence-corrected chi connectivity index (χ3v) is 8.23. The molecule has 30 heavy (non-hydrogen) atoms. The first-order valence-corrected chi connectivity index (χ1v) is 13.5. The second-order valence-corrected chi connectivity index (χ2v) is 10.5. The van der Waals surface area contributed by atoms with Crippen LogP contribution in [0.4, 0.5) is 0 Å². The maximum atomic E-state index is 2.48. The van der Waals surface area contributed by atoms with E-state index in [0.29, 0.717) is 0 Å². The Bertz CT molecular complexity index is 579. The summed E-state index contributed by atoms with van der Waals surface area (Å²) >= 11 is 0. The molecule has 0 heterocycles. The molecule has 2 aliphatic carbocycles. The molecule has 0 aliphatic heterocycles. The molecule has 2 aliphatic rings. The van der Waals surface area contributed by atoms with E-state index in [9.17, 15) is 0 Å². The Morgan fingerprint density at radius 2 is 1.27 bits per heavy atom. The number of rotatable bonds is 11. The second-order valence-electron chi connectivity index (χ2n) is 10.5. The smallest absolute Gasteiger partial charge is 0.00975 e. The highest BCUT2D eigenvalue weighted by molar-refractivity contribution is 5.24. The lowest BCUT2D eigenvalue weighted by Gasteiger charge is -2.37. The van der Waals surface area contributed by atoms with Crippen molar-refractivity contribution in [1.82, 2.24) is 0 Å². The molecular formula is C30H48. The van der Waals surface area contributed by atoms with Gasteiger partial charge in [0, 0.05) is 0 Å². The SMILES string of the molecule is CCCCCc1ccc(C/C=C\CC2CCC(C3CCC(CCC)CC3)CC2)cc1. The molecule has 0 saturated heterocycles. The number of benzene rings is 1. The predicted octanol–water partition coefficient (Wildman–Crippen LogP) is 9.32. The van der Waals surface area contributed by atoms with Crippen LogP contribution in [0.5, 0.6) is 0 Å². The summed E-state index contributed by atoms with van der Waals surface area (Å²) in [4.78, 5) is 0. The van der Waals surface area contributed by atoms with Crippen molar-refractivity contribution >= 4 is 0 Å². The van der Waals surface area contributed by atoms with E-state index in [1.165, 1.54) is 107 Å². The summed E-state index contributed by atoms with van der Waals surface area (Å²) in [6, 6.07) is 9.36. The predicted molar refractivity (Wildman–Crippen MR) is 133 cm³/mol. The Morgan fingerprint density at radius 1 is 0.667 bits per heavy atom. The van der Waals surface area contributed by atoms with Crippen LogP contribution >= 0.6 is 0 Å². The van der Waals surface area contributed by atoms with Gasteiger partial charge in [0.25, 0.3) is 0 Å². The third-order valence-electron chi connectivity index (χ3n) is 8.23. The van der Waals surface area contributed by atoms with Gasteiger partial charge in [-0.25, -0.2) is 0 Å². The molecule has 0 atom stereocenters. The monoisotopic (exact) mass is 408 g/mol. The van der Waals surface area contributed by atoms with Crippen molar-refractivity contribution in [3.63, 3.8) is 0 Å². The molecule has 2 saturated carbocycles. The molecule has 1 aromatic rings. The van der Waals surface area contributed by atoms with Gasteiger partial charge in [0.1, 0.15) is 0 Å². The summed E-state index contributed by atoms with van der Waals surface area (Å²) in [5, 5.41) is 0. The maximum Gasteiger partial charge on any atom is -0.00975 e. The molecule has 0 radical (unpaired) electrons. The van der Waals surface area contributed by atoms with E-state index in [4.69, 9.17) is 0 Å². The lowest BCUT2D eigenvalue weighted by Crippen LogP contribution is -2.25. The molecular weight excluding hydrogens is 360 g/mol. The number of unbranched alkanes of at least 4 members (excludes halogenated alkanes) is 2. The Morgan fingerprint density at radius 3 is 1.87 bits per heavy atom. The van der Waals surface area contributed by atoms with Crippen LogP contribution in [0.3, 0.4) is 0 Å². The molecule has 3 rings (SSSR count). The molecule has 0 bridgehead atoms. The quantitative estimate of drug-likeness (QED) is 0.253. The molecule has 1 aromatic carbocycles. The summed E-state index contributed by atoms with van der Waals surface area (Å²) in [5.74, 6) is 4.14. The van der Waals surface area contributed by atoms with Gasteiger partial charge in [0.15, 0.2) is 0 Å². The molecule has 168 valence electrons. The molecule has 0 aromatic heterocycles. The van der Waals surface area contributed by atoms with Gasteiger partial charge in [-0.1, -0.05) is 88.8 Å². The van der Waals surface area contributed by atoms with Crippen molar-refractivity contribution in [2.75, 3.05) is 0 Å². The van der Waals surface area contributed by atoms with Gasteiger partial charge < -0.3 is 0 Å². The maximum absolute atomic E-state index is 2.48. The van der Waals surface area contributed by atoms with E-state index in [0.717, 1.165) is 30.1 Å². The van der Waals surface area contributed by atoms with E-state index in [1.807, 2.05) is 0 Å². The lowest BCUT2D eigenvalue weighted by molar-refractivity contribution is 0.144. The molecule has 0 unspecified atom stereocenters. The molecule has 0 N–H and O–H groups in total. The number of hydrogen-bond donors (Lipinski definition) is 0. The van der Waals surface area contributed by atoms with E-state index in [1.54, 1.807) is 0 Å². The zero-order valence-corrected chi connectivity index (χ0v) is 20.1. The van der Waals surface area contributed by atoms with Gasteiger partial charge in [-0.2, -0.15) is 0 Å². The highest BCUT2D eigenvalue weighted by Gasteiger charge is 2.30. The van der Waals surface area contributed by atoms with Gasteiger partial charge in [-0.15, -0.1) is 0 Å². The summed E-state index contributed by atoms with van der Waals surface area (Å²) in [6.45, 7) is 4.63. The zero-order chi connectivity index (χ0) is 21.0. The first-order chi connectivity index (χ1) is 14.8. The number of hydrogen-bond acceptors (Lipinski definition) is 0. The van der Waals surface area contributed by atoms with Crippen LogP contribution in [-0.2, 0) is 12.8 Å². The van der Waals surface area contributed by atoms with Crippen molar-refractivity contribution in [2.24, 2.45) is 23.7 Å². The molecule has 0 nitrogen and oxygen atoms in total. The van der Waals surface area contributed by atoms with E-state index >= 15 is 0 Å². The lowest BCUT2D eigenvalue weighted by atomic mass is 9.68. The average Bonchev–Trinajstić information content (AvgIpc) is 2.79. The van der Waals surface area contributed by atoms with Crippen LogP contribution < -0.4 is 0 Å². The highest BCUT2D eigenvalue weighted by atomic mass is 14.4. The minimum Gasteiger partial charge on any atom is -0.0879 e. The third kappa shape index (κ3) is 7.90. The summed E-state index contributed by atoms with van der Waals surface area (Å²) in [5.41, 5.74) is 2.97. The van der Waals surface area contributed by atoms with Crippen molar-refractivity contribution in [1.29, 1.82) is 0 Å². The number of aryl methyl sites for hydroxylation is 1. The minimum atomic E-state index is 0.954. The van der Waals surface area contributed by atoms with Gasteiger partial charge in [-0.05, 0) is 99.0 Å². The normalized spacial score (nSPS) is 27.5. The largest absolute Gasteiger partial charge is 0.0879 e. The van der Waals surface area contributed by atoms with E-state index in [2.05, 4.69) is 50.3 Å². The molecule has 2 fully saturated rings. The first kappa shape index (κ1) is 23.6. The van der Waals surface area contributed by atoms with Gasteiger partial charge >= 0.3 is 0 Å². The topological polar surface area (TPSA) is 0 Å². The molecule has 0 amide bonds. The summed E-state index contributed by atoms with van der Waals surface area (Å²) < 4.78 is 0. The Balaban J connectivity index is 1.29. The molecule has 0 heteroatoms. The Kier molecular flexibility index (Phi) is 10.5. The van der Waals surface area contributed by atoms with E-state index < -0.39 is 0 Å². The first-order valence-electron chi connectivity index (χ1n) is 13.5. The van der Waals surface area contributed by atoms with Crippen LogP contribution in [0.1, 0.15) is 115 Å². The van der Waals surface area contributed by atoms with Crippen molar-refractivity contribution in [2.45, 2.75) is 117 Å². The molecule has 0 spiro atoms. The van der Waals surface area contributed by atoms with Crippen LogP contribution in [0.25, 0.3) is 0 Å². The summed E-state index contributed by atoms with van der Waals surface area (Å²) in [6.07, 6.45) is 27.6. The van der Waals surface area contributed by atoms with Crippen LogP contribution in [0.2, 0.25) is 0 Å². The minimum absolute atomic E-state index is 0.954. The number of allylic oxidation sites excluding steroid dienone is 2. The van der Waals surface area contributed by atoms with Gasteiger partial charge in [0.05, 0.1) is 0 Å². The summed E-state index contributed by atoms with van der Waals surface area (Å²) in [7, 11) is 0. The van der Waals surface area contributed by atoms with Gasteiger partial charge in [-0.3, -0.25) is 0 Å². The van der Waals surface area contributed by atoms with Crippen LogP contribution in [0.15, 0.2) is 36.4 Å². The zero-order valence-electron chi connectivity index (χ0n) is 20.1. The fourth-order valence-electron chi connectivity index (χ4n) is 6.18. The van der Waals surface area contributed by atoms with Crippen molar-refractivity contribution in [3.05, 3.63) is 47.5 Å². The van der Waals surface area contributed by atoms with Crippen molar-refractivity contribution < 1.29 is 0 Å². The standard InChI is InChI=1S/C30H48/c1-3-5-6-10-26-13-15-27(16-14-26)11-7-8-12-28-19-23-30(24-20-28)29-21-17-25(9-4-2)18-22-29/h7-8,13-16,25,28-30H,3-6,9-12,17-24H2,1-2H3/b8-7-. The fraction of sp³-hybridized carbons (Fsp3) is 0.733. The Labute approximate surface area is 187 Å². The second kappa shape index (κ2) is 13.4. The average molecular weight is 409 g/mol. The van der Waals surface area contributed by atoms with Crippen molar-refractivity contribution in [3.8, 4) is 0 Å². The highest BCUT2D eigenvalue weighted by Crippen LogP contribution is 2.42. The van der Waals surface area contributed by atoms with E-state index in [-0.39, 0.29) is 0 Å². The van der Waals surface area contributed by atoms with Crippen LogP contribution in [0, 0.1) is 23.7 Å². The fourth-order valence-corrected chi connectivity index (χ4v) is 6.18. The van der Waals surface area contributed by atoms with Gasteiger partial charge in [0.2, 0.25) is 0 Å². The Hall–Kier alpha value is -1.04. The van der Waals surface area contributed by atoms with Crippen LogP contribution in [-0.4, -0.2) is 0 Å².